The fourth-order valence-corrected chi connectivity index (χ4v) is 3.32. The largest absolute Gasteiger partial charge is 0.348 e. The summed E-state index contributed by atoms with van der Waals surface area (Å²) in [6, 6.07) is 10.9. The zero-order valence-corrected chi connectivity index (χ0v) is 16.6. The molecule has 0 unspecified atom stereocenters. The Hall–Kier alpha value is -3.10. The van der Waals surface area contributed by atoms with E-state index in [1.165, 1.54) is 12.3 Å². The molecule has 2 aromatic carbocycles. The van der Waals surface area contributed by atoms with Crippen LogP contribution in [0.4, 0.5) is 8.78 Å². The number of benzene rings is 2. The summed E-state index contributed by atoms with van der Waals surface area (Å²) < 4.78 is 39.5. The Kier molecular flexibility index (Phi) is 5.36. The number of hydrogen-bond acceptors (Lipinski definition) is 4. The van der Waals surface area contributed by atoms with Gasteiger partial charge in [0.05, 0.1) is 19.1 Å². The van der Waals surface area contributed by atoms with Crippen molar-refractivity contribution in [2.24, 2.45) is 0 Å². The van der Waals surface area contributed by atoms with E-state index in [0.29, 0.717) is 30.1 Å². The fraction of sp³-hybridized carbons (Fsp3) is 0.273. The zero-order chi connectivity index (χ0) is 21.3. The summed E-state index contributed by atoms with van der Waals surface area (Å²) in [5.74, 6) is -2.72. The minimum absolute atomic E-state index is 0.212. The number of imidazole rings is 1. The lowest BCUT2D eigenvalue weighted by molar-refractivity contribution is -0.137. The number of nitrogens with zero attached hydrogens (tertiary/aromatic N) is 2. The van der Waals surface area contributed by atoms with E-state index < -0.39 is 17.4 Å². The fourth-order valence-electron chi connectivity index (χ4n) is 3.32. The van der Waals surface area contributed by atoms with E-state index in [1.54, 1.807) is 35.2 Å². The van der Waals surface area contributed by atoms with Crippen molar-refractivity contribution in [2.45, 2.75) is 25.7 Å². The summed E-state index contributed by atoms with van der Waals surface area (Å²) in [6.45, 7) is 4.39. The molecule has 1 N–H and O–H groups in total. The van der Waals surface area contributed by atoms with Gasteiger partial charge in [-0.2, -0.15) is 0 Å². The Balaban J connectivity index is 1.47. The van der Waals surface area contributed by atoms with Gasteiger partial charge in [0.1, 0.15) is 11.8 Å². The van der Waals surface area contributed by atoms with Crippen LogP contribution in [0.25, 0.3) is 16.8 Å². The van der Waals surface area contributed by atoms with Gasteiger partial charge in [-0.25, -0.2) is 13.8 Å². The van der Waals surface area contributed by atoms with Gasteiger partial charge in [0.25, 0.3) is 5.91 Å². The Morgan fingerprint density at radius 3 is 2.57 bits per heavy atom. The van der Waals surface area contributed by atoms with Gasteiger partial charge >= 0.3 is 0 Å². The molecule has 1 aliphatic heterocycles. The first kappa shape index (κ1) is 20.2. The molecule has 6 nitrogen and oxygen atoms in total. The highest BCUT2D eigenvalue weighted by Gasteiger charge is 2.32. The number of halogens is 2. The van der Waals surface area contributed by atoms with Crippen molar-refractivity contribution in [2.75, 3.05) is 13.2 Å². The number of amides is 1. The highest BCUT2D eigenvalue weighted by molar-refractivity contribution is 5.93. The third kappa shape index (κ3) is 4.24. The van der Waals surface area contributed by atoms with E-state index in [9.17, 15) is 13.6 Å². The first-order chi connectivity index (χ1) is 14.3. The predicted octanol–water partition coefficient (Wildman–Crippen LogP) is 3.70. The number of ether oxygens (including phenoxy) is 2. The highest BCUT2D eigenvalue weighted by atomic mass is 19.2. The lowest BCUT2D eigenvalue weighted by atomic mass is 10.1. The van der Waals surface area contributed by atoms with Crippen molar-refractivity contribution in [3.63, 3.8) is 0 Å². The molecule has 8 heteroatoms. The average Bonchev–Trinajstić information content (AvgIpc) is 3.35. The smallest absolute Gasteiger partial charge is 0.270 e. The van der Waals surface area contributed by atoms with Gasteiger partial charge in [0.15, 0.2) is 17.4 Å². The molecule has 3 aromatic rings. The van der Waals surface area contributed by atoms with Gasteiger partial charge in [-0.15, -0.1) is 0 Å². The van der Waals surface area contributed by atoms with Crippen LogP contribution in [0.5, 0.6) is 0 Å². The minimum atomic E-state index is -0.898. The van der Waals surface area contributed by atoms with E-state index in [0.717, 1.165) is 17.7 Å². The molecular formula is C22H21F2N3O3. The maximum absolute atomic E-state index is 13.5. The van der Waals surface area contributed by atoms with Crippen LogP contribution in [0.15, 0.2) is 55.0 Å². The summed E-state index contributed by atoms with van der Waals surface area (Å²) >= 11 is 0. The molecule has 2 heterocycles. The first-order valence-electron chi connectivity index (χ1n) is 9.50. The van der Waals surface area contributed by atoms with Crippen LogP contribution in [0.2, 0.25) is 0 Å². The predicted molar refractivity (Wildman–Crippen MR) is 106 cm³/mol. The summed E-state index contributed by atoms with van der Waals surface area (Å²) in [6.07, 6.45) is 2.81. The van der Waals surface area contributed by atoms with E-state index in [2.05, 4.69) is 10.3 Å². The highest BCUT2D eigenvalue weighted by Crippen LogP contribution is 2.24. The monoisotopic (exact) mass is 413 g/mol. The van der Waals surface area contributed by atoms with Crippen LogP contribution in [0, 0.1) is 11.6 Å². The Bertz CT molecular complexity index is 1060. The van der Waals surface area contributed by atoms with Gasteiger partial charge in [-0.1, -0.05) is 18.2 Å². The number of carbonyl (C=O) groups is 1. The zero-order valence-electron chi connectivity index (χ0n) is 16.6. The molecule has 1 aliphatic rings. The third-order valence-electron chi connectivity index (χ3n) is 4.83. The van der Waals surface area contributed by atoms with Crippen molar-refractivity contribution in [1.29, 1.82) is 0 Å². The van der Waals surface area contributed by atoms with Crippen LogP contribution < -0.4 is 5.32 Å². The van der Waals surface area contributed by atoms with Gasteiger partial charge in [-0.05, 0) is 49.2 Å². The maximum Gasteiger partial charge on any atom is 0.270 e. The number of hydrogen-bond donors (Lipinski definition) is 1. The van der Waals surface area contributed by atoms with Gasteiger partial charge in [0, 0.05) is 12.2 Å². The van der Waals surface area contributed by atoms with Gasteiger partial charge in [-0.3, -0.25) is 9.36 Å². The molecule has 0 bridgehead atoms. The average molecular weight is 413 g/mol. The topological polar surface area (TPSA) is 65.4 Å². The molecule has 0 radical (unpaired) electrons. The SMILES string of the molecule is CC1(C)OC[C@@H](CNC(=O)c2cncn2-c2ccc(-c3ccc(F)c(F)c3)cc2)O1. The summed E-state index contributed by atoms with van der Waals surface area (Å²) in [5, 5.41) is 2.84. The van der Waals surface area contributed by atoms with Crippen molar-refractivity contribution in [3.8, 4) is 16.8 Å². The number of nitrogens with one attached hydrogen (secondary N) is 1. The Labute approximate surface area is 172 Å². The molecule has 1 atom stereocenters. The molecule has 0 saturated carbocycles. The van der Waals surface area contributed by atoms with Gasteiger partial charge < -0.3 is 14.8 Å². The number of rotatable bonds is 5. The van der Waals surface area contributed by atoms with Crippen molar-refractivity contribution in [3.05, 3.63) is 72.3 Å². The molecule has 1 amide bonds. The van der Waals surface area contributed by atoms with Crippen LogP contribution >= 0.6 is 0 Å². The van der Waals surface area contributed by atoms with Crippen molar-refractivity contribution in [1.82, 2.24) is 14.9 Å². The summed E-state index contributed by atoms with van der Waals surface area (Å²) in [7, 11) is 0. The second-order valence-electron chi connectivity index (χ2n) is 7.49. The standard InChI is InChI=1S/C22H21F2N3O3/c1-22(2)29-12-17(30-22)10-26-21(28)20-11-25-13-27(20)16-6-3-14(4-7-16)15-5-8-18(23)19(24)9-15/h3-9,11,13,17H,10,12H2,1-2H3,(H,26,28)/t17-/m1/s1. The van der Waals surface area contributed by atoms with Crippen molar-refractivity contribution >= 4 is 5.91 Å². The van der Waals surface area contributed by atoms with Crippen LogP contribution in [0.3, 0.4) is 0 Å². The Morgan fingerprint density at radius 2 is 1.90 bits per heavy atom. The van der Waals surface area contributed by atoms with E-state index >= 15 is 0 Å². The second-order valence-corrected chi connectivity index (χ2v) is 7.49. The molecule has 156 valence electrons. The lowest BCUT2D eigenvalue weighted by Crippen LogP contribution is -2.35. The normalized spacial score (nSPS) is 17.8. The number of carbonyl (C=O) groups excluding carboxylic acids is 1. The summed E-state index contributed by atoms with van der Waals surface area (Å²) in [4.78, 5) is 16.7. The molecular weight excluding hydrogens is 392 g/mol. The van der Waals surface area contributed by atoms with Crippen LogP contribution in [-0.2, 0) is 9.47 Å². The summed E-state index contributed by atoms with van der Waals surface area (Å²) in [5.41, 5.74) is 2.37. The quantitative estimate of drug-likeness (QED) is 0.693. The molecule has 1 aromatic heterocycles. The van der Waals surface area contributed by atoms with Gasteiger partial charge in [0.2, 0.25) is 0 Å². The molecule has 0 spiro atoms. The third-order valence-corrected chi connectivity index (χ3v) is 4.83. The van der Waals surface area contributed by atoms with E-state index in [1.807, 2.05) is 13.8 Å². The second kappa shape index (κ2) is 7.97. The van der Waals surface area contributed by atoms with Crippen LogP contribution in [-0.4, -0.2) is 40.5 Å². The molecule has 30 heavy (non-hydrogen) atoms. The molecule has 4 rings (SSSR count). The van der Waals surface area contributed by atoms with E-state index in [4.69, 9.17) is 9.47 Å². The number of aromatic nitrogens is 2. The first-order valence-corrected chi connectivity index (χ1v) is 9.50. The Morgan fingerprint density at radius 1 is 1.17 bits per heavy atom. The van der Waals surface area contributed by atoms with Crippen LogP contribution in [0.1, 0.15) is 24.3 Å². The minimum Gasteiger partial charge on any atom is -0.348 e. The van der Waals surface area contributed by atoms with E-state index in [-0.39, 0.29) is 12.0 Å². The molecule has 1 fully saturated rings. The molecule has 1 saturated heterocycles. The maximum atomic E-state index is 13.5. The van der Waals surface area contributed by atoms with Crippen molar-refractivity contribution < 1.29 is 23.0 Å². The molecule has 0 aliphatic carbocycles. The lowest BCUT2D eigenvalue weighted by Gasteiger charge is -2.17.